The van der Waals surface area contributed by atoms with Gasteiger partial charge in [0.2, 0.25) is 0 Å². The van der Waals surface area contributed by atoms with Gasteiger partial charge in [0, 0.05) is 18.1 Å². The number of hydrogen-bond donors (Lipinski definition) is 1. The fourth-order valence-electron chi connectivity index (χ4n) is 3.71. The first kappa shape index (κ1) is 13.4. The van der Waals surface area contributed by atoms with Crippen LogP contribution in [0.1, 0.15) is 64.7 Å². The van der Waals surface area contributed by atoms with Crippen LogP contribution >= 0.6 is 0 Å². The number of hydrogen-bond acceptors (Lipinski definition) is 2. The average molecular weight is 238 g/mol. The van der Waals surface area contributed by atoms with E-state index in [2.05, 4.69) is 18.9 Å². The van der Waals surface area contributed by atoms with Crippen molar-refractivity contribution in [2.24, 2.45) is 11.7 Å². The summed E-state index contributed by atoms with van der Waals surface area (Å²) in [5.41, 5.74) is 6.49. The van der Waals surface area contributed by atoms with Crippen molar-refractivity contribution < 1.29 is 0 Å². The van der Waals surface area contributed by atoms with E-state index in [0.29, 0.717) is 5.54 Å². The molecule has 0 aromatic rings. The molecule has 2 rings (SSSR count). The maximum absolute atomic E-state index is 6.15. The molecule has 100 valence electrons. The maximum atomic E-state index is 6.15. The summed E-state index contributed by atoms with van der Waals surface area (Å²) in [5, 5.41) is 0. The van der Waals surface area contributed by atoms with Crippen LogP contribution in [0.2, 0.25) is 0 Å². The lowest BCUT2D eigenvalue weighted by Crippen LogP contribution is -2.52. The van der Waals surface area contributed by atoms with E-state index in [4.69, 9.17) is 5.73 Å². The minimum atomic E-state index is 0.337. The lowest BCUT2D eigenvalue weighted by Gasteiger charge is -2.41. The molecule has 2 aliphatic carbocycles. The predicted molar refractivity (Wildman–Crippen MR) is 74.1 cm³/mol. The number of nitrogens with two attached hydrogens (primary N) is 1. The van der Waals surface area contributed by atoms with Crippen LogP contribution in [0.15, 0.2) is 0 Å². The molecule has 0 saturated heterocycles. The van der Waals surface area contributed by atoms with Crippen molar-refractivity contribution in [1.82, 2.24) is 4.90 Å². The predicted octanol–water partition coefficient (Wildman–Crippen LogP) is 3.16. The Hall–Kier alpha value is -0.0800. The smallest absolute Gasteiger partial charge is 0.0331 e. The molecule has 2 fully saturated rings. The molecule has 17 heavy (non-hydrogen) atoms. The Kier molecular flexibility index (Phi) is 4.48. The Morgan fingerprint density at radius 3 is 2.53 bits per heavy atom. The summed E-state index contributed by atoms with van der Waals surface area (Å²) >= 11 is 0. The fraction of sp³-hybridized carbons (Fsp3) is 1.00. The lowest BCUT2D eigenvalue weighted by atomic mass is 9.87. The van der Waals surface area contributed by atoms with Crippen molar-refractivity contribution in [2.45, 2.75) is 76.3 Å². The van der Waals surface area contributed by atoms with Crippen molar-refractivity contribution in [3.05, 3.63) is 0 Å². The minimum Gasteiger partial charge on any atom is -0.329 e. The zero-order chi connectivity index (χ0) is 12.3. The number of rotatable bonds is 5. The Morgan fingerprint density at radius 1 is 1.18 bits per heavy atom. The highest BCUT2D eigenvalue weighted by atomic mass is 15.2. The van der Waals surface area contributed by atoms with Crippen molar-refractivity contribution in [1.29, 1.82) is 0 Å². The summed E-state index contributed by atoms with van der Waals surface area (Å²) in [7, 11) is 2.32. The monoisotopic (exact) mass is 238 g/mol. The van der Waals surface area contributed by atoms with Crippen molar-refractivity contribution in [3.63, 3.8) is 0 Å². The highest BCUT2D eigenvalue weighted by Crippen LogP contribution is 2.40. The SMILES string of the molecule is CCCC1CCCC(CN)(N(C)C2CC2)CC1. The van der Waals surface area contributed by atoms with Gasteiger partial charge >= 0.3 is 0 Å². The van der Waals surface area contributed by atoms with Crippen LogP contribution in [0.4, 0.5) is 0 Å². The van der Waals surface area contributed by atoms with E-state index in [9.17, 15) is 0 Å². The van der Waals surface area contributed by atoms with Crippen LogP contribution in [0.25, 0.3) is 0 Å². The molecular formula is C15H30N2. The highest BCUT2D eigenvalue weighted by molar-refractivity contribution is 4.99. The number of nitrogens with zero attached hydrogens (tertiary/aromatic N) is 1. The molecule has 2 N–H and O–H groups in total. The molecule has 0 amide bonds. The molecule has 2 atom stereocenters. The Morgan fingerprint density at radius 2 is 1.94 bits per heavy atom. The zero-order valence-corrected chi connectivity index (χ0v) is 11.8. The molecule has 2 unspecified atom stereocenters. The third-order valence-corrected chi connectivity index (χ3v) is 5.19. The molecule has 2 saturated carbocycles. The zero-order valence-electron chi connectivity index (χ0n) is 11.8. The van der Waals surface area contributed by atoms with E-state index in [1.165, 1.54) is 57.8 Å². The van der Waals surface area contributed by atoms with Crippen LogP contribution in [0.5, 0.6) is 0 Å². The van der Waals surface area contributed by atoms with Crippen LogP contribution in [0, 0.1) is 5.92 Å². The third kappa shape index (κ3) is 3.03. The Labute approximate surface area is 107 Å². The second-order valence-corrected chi connectivity index (χ2v) is 6.36. The van der Waals surface area contributed by atoms with E-state index >= 15 is 0 Å². The van der Waals surface area contributed by atoms with Crippen molar-refractivity contribution in [2.75, 3.05) is 13.6 Å². The molecule has 0 spiro atoms. The first-order valence-electron chi connectivity index (χ1n) is 7.65. The van der Waals surface area contributed by atoms with Gasteiger partial charge in [-0.3, -0.25) is 4.90 Å². The van der Waals surface area contributed by atoms with E-state index in [-0.39, 0.29) is 0 Å². The largest absolute Gasteiger partial charge is 0.329 e. The highest BCUT2D eigenvalue weighted by Gasteiger charge is 2.41. The van der Waals surface area contributed by atoms with Crippen LogP contribution < -0.4 is 5.73 Å². The summed E-state index contributed by atoms with van der Waals surface area (Å²) in [5.74, 6) is 0.973. The summed E-state index contributed by atoms with van der Waals surface area (Å²) in [6, 6.07) is 0.848. The molecule has 0 aromatic carbocycles. The second-order valence-electron chi connectivity index (χ2n) is 6.36. The van der Waals surface area contributed by atoms with Gasteiger partial charge in [-0.1, -0.05) is 32.6 Å². The van der Waals surface area contributed by atoms with Gasteiger partial charge in [0.1, 0.15) is 0 Å². The summed E-state index contributed by atoms with van der Waals surface area (Å²) in [6.45, 7) is 3.18. The first-order chi connectivity index (χ1) is 8.22. The van der Waals surface area contributed by atoms with Gasteiger partial charge in [-0.2, -0.15) is 0 Å². The van der Waals surface area contributed by atoms with Crippen molar-refractivity contribution >= 4 is 0 Å². The molecular weight excluding hydrogens is 208 g/mol. The Bertz CT molecular complexity index is 237. The fourth-order valence-corrected chi connectivity index (χ4v) is 3.71. The number of likely N-dealkylation sites (N-methyl/N-ethyl adjacent to an activating group) is 1. The molecule has 0 heterocycles. The van der Waals surface area contributed by atoms with E-state index < -0.39 is 0 Å². The summed E-state index contributed by atoms with van der Waals surface area (Å²) < 4.78 is 0. The maximum Gasteiger partial charge on any atom is 0.0331 e. The molecule has 2 heteroatoms. The van der Waals surface area contributed by atoms with E-state index in [1.807, 2.05) is 0 Å². The minimum absolute atomic E-state index is 0.337. The first-order valence-corrected chi connectivity index (χ1v) is 7.65. The average Bonchev–Trinajstić information content (AvgIpc) is 3.16. The molecule has 0 radical (unpaired) electrons. The van der Waals surface area contributed by atoms with E-state index in [1.54, 1.807) is 0 Å². The third-order valence-electron chi connectivity index (χ3n) is 5.19. The van der Waals surface area contributed by atoms with Gasteiger partial charge in [-0.25, -0.2) is 0 Å². The second kappa shape index (κ2) is 5.71. The summed E-state index contributed by atoms with van der Waals surface area (Å²) in [4.78, 5) is 2.64. The van der Waals surface area contributed by atoms with Gasteiger partial charge < -0.3 is 5.73 Å². The molecule has 0 aliphatic heterocycles. The van der Waals surface area contributed by atoms with Crippen LogP contribution in [0.3, 0.4) is 0 Å². The lowest BCUT2D eigenvalue weighted by molar-refractivity contribution is 0.0977. The van der Waals surface area contributed by atoms with Gasteiger partial charge in [-0.05, 0) is 45.1 Å². The quantitative estimate of drug-likeness (QED) is 0.746. The normalized spacial score (nSPS) is 34.9. The summed E-state index contributed by atoms with van der Waals surface area (Å²) in [6.07, 6.45) is 12.5. The van der Waals surface area contributed by atoms with Gasteiger partial charge in [0.05, 0.1) is 0 Å². The van der Waals surface area contributed by atoms with Gasteiger partial charge in [0.15, 0.2) is 0 Å². The molecule has 2 nitrogen and oxygen atoms in total. The Balaban J connectivity index is 1.97. The van der Waals surface area contributed by atoms with E-state index in [0.717, 1.165) is 18.5 Å². The molecule has 2 aliphatic rings. The van der Waals surface area contributed by atoms with Crippen LogP contribution in [-0.2, 0) is 0 Å². The topological polar surface area (TPSA) is 29.3 Å². The molecule has 0 aromatic heterocycles. The molecule has 0 bridgehead atoms. The van der Waals surface area contributed by atoms with Crippen LogP contribution in [-0.4, -0.2) is 30.1 Å². The standard InChI is InChI=1S/C15H30N2/c1-3-5-13-6-4-10-15(12-16,11-9-13)17(2)14-7-8-14/h13-14H,3-12,16H2,1-2H3. The van der Waals surface area contributed by atoms with Gasteiger partial charge in [0.25, 0.3) is 0 Å². The van der Waals surface area contributed by atoms with Crippen molar-refractivity contribution in [3.8, 4) is 0 Å². The van der Waals surface area contributed by atoms with Gasteiger partial charge in [-0.15, -0.1) is 0 Å².